The van der Waals surface area contributed by atoms with Crippen LogP contribution in [0.25, 0.3) is 17.1 Å². The lowest BCUT2D eigenvalue weighted by atomic mass is 10.1. The van der Waals surface area contributed by atoms with Gasteiger partial charge in [0.1, 0.15) is 5.75 Å². The van der Waals surface area contributed by atoms with E-state index >= 15 is 0 Å². The minimum absolute atomic E-state index is 0.146. The van der Waals surface area contributed by atoms with E-state index in [2.05, 4.69) is 20.7 Å². The van der Waals surface area contributed by atoms with E-state index in [0.717, 1.165) is 34.0 Å². The number of rotatable bonds is 8. The molecule has 1 amide bonds. The molecule has 3 aromatic carbocycles. The number of aryl methyl sites for hydroxylation is 2. The molecule has 0 unspecified atom stereocenters. The molecule has 1 N–H and O–H groups in total. The normalized spacial score (nSPS) is 11.0. The van der Waals surface area contributed by atoms with E-state index in [1.54, 1.807) is 13.3 Å². The van der Waals surface area contributed by atoms with Crippen LogP contribution in [0.4, 0.5) is 0 Å². The summed E-state index contributed by atoms with van der Waals surface area (Å²) in [6, 6.07) is 23.7. The van der Waals surface area contributed by atoms with Crippen molar-refractivity contribution in [3.63, 3.8) is 0 Å². The van der Waals surface area contributed by atoms with Crippen LogP contribution >= 0.6 is 11.8 Å². The summed E-state index contributed by atoms with van der Waals surface area (Å²) in [5.41, 5.74) is 7.62. The molecule has 0 saturated heterocycles. The molecule has 0 aliphatic heterocycles. The SMILES string of the molecule is COc1cccc(C=NNC(=O)CSc2nnc(-c3ccc(C)cc3)n2-c2ccc(C)cc2)c1. The van der Waals surface area contributed by atoms with E-state index in [9.17, 15) is 4.79 Å². The number of amides is 1. The van der Waals surface area contributed by atoms with E-state index in [-0.39, 0.29) is 11.7 Å². The number of hydrogen-bond acceptors (Lipinski definition) is 6. The van der Waals surface area contributed by atoms with Gasteiger partial charge in [0.2, 0.25) is 0 Å². The second-order valence-corrected chi connectivity index (χ2v) is 8.64. The van der Waals surface area contributed by atoms with Crippen LogP contribution in [0.2, 0.25) is 0 Å². The van der Waals surface area contributed by atoms with Crippen molar-refractivity contribution in [1.29, 1.82) is 0 Å². The molecule has 0 atom stereocenters. The third kappa shape index (κ3) is 5.71. The number of ether oxygens (including phenoxy) is 1. The summed E-state index contributed by atoms with van der Waals surface area (Å²) in [4.78, 5) is 12.4. The summed E-state index contributed by atoms with van der Waals surface area (Å²) in [6.45, 7) is 4.09. The van der Waals surface area contributed by atoms with Gasteiger partial charge >= 0.3 is 0 Å². The highest BCUT2D eigenvalue weighted by Crippen LogP contribution is 2.28. The Kier molecular flexibility index (Phi) is 7.39. The van der Waals surface area contributed by atoms with Crippen molar-refractivity contribution in [2.75, 3.05) is 12.9 Å². The van der Waals surface area contributed by atoms with Crippen molar-refractivity contribution in [1.82, 2.24) is 20.2 Å². The van der Waals surface area contributed by atoms with Gasteiger partial charge in [-0.3, -0.25) is 9.36 Å². The molecule has 0 fully saturated rings. The van der Waals surface area contributed by atoms with Crippen LogP contribution in [0.5, 0.6) is 5.75 Å². The first-order valence-electron chi connectivity index (χ1n) is 10.7. The molecule has 1 aromatic heterocycles. The summed E-state index contributed by atoms with van der Waals surface area (Å²) < 4.78 is 7.17. The zero-order valence-electron chi connectivity index (χ0n) is 19.2. The lowest BCUT2D eigenvalue weighted by Crippen LogP contribution is -2.20. The van der Waals surface area contributed by atoms with E-state index < -0.39 is 0 Å². The van der Waals surface area contributed by atoms with Crippen LogP contribution in [0.15, 0.2) is 83.1 Å². The van der Waals surface area contributed by atoms with Crippen molar-refractivity contribution in [3.05, 3.63) is 89.5 Å². The Morgan fingerprint density at radius 2 is 1.74 bits per heavy atom. The Morgan fingerprint density at radius 1 is 1.03 bits per heavy atom. The van der Waals surface area contributed by atoms with Gasteiger partial charge < -0.3 is 4.74 Å². The van der Waals surface area contributed by atoms with Gasteiger partial charge in [0, 0.05) is 11.3 Å². The number of hydrogen-bond donors (Lipinski definition) is 1. The van der Waals surface area contributed by atoms with E-state index in [1.807, 2.05) is 91.2 Å². The zero-order chi connectivity index (χ0) is 23.9. The number of carbonyl (C=O) groups is 1. The predicted molar refractivity (Wildman–Crippen MR) is 136 cm³/mol. The Balaban J connectivity index is 1.50. The molecular formula is C26H25N5O2S. The Hall–Kier alpha value is -3.91. The van der Waals surface area contributed by atoms with Crippen molar-refractivity contribution >= 4 is 23.9 Å². The first-order valence-corrected chi connectivity index (χ1v) is 11.7. The van der Waals surface area contributed by atoms with Gasteiger partial charge in [-0.2, -0.15) is 5.10 Å². The highest BCUT2D eigenvalue weighted by atomic mass is 32.2. The van der Waals surface area contributed by atoms with Crippen molar-refractivity contribution in [2.45, 2.75) is 19.0 Å². The molecule has 0 radical (unpaired) electrons. The Labute approximate surface area is 202 Å². The van der Waals surface area contributed by atoms with Crippen LogP contribution in [0.1, 0.15) is 16.7 Å². The van der Waals surface area contributed by atoms with Crippen molar-refractivity contribution < 1.29 is 9.53 Å². The van der Waals surface area contributed by atoms with E-state index in [0.29, 0.717) is 5.16 Å². The standard InChI is InChI=1S/C26H25N5O2S/c1-18-7-11-21(12-8-18)25-29-30-26(31(25)22-13-9-19(2)10-14-22)34-17-24(32)28-27-16-20-5-4-6-23(15-20)33-3/h4-16H,17H2,1-3H3,(H,28,32). The summed E-state index contributed by atoms with van der Waals surface area (Å²) in [5.74, 6) is 1.36. The highest BCUT2D eigenvalue weighted by Gasteiger charge is 2.17. The molecule has 0 aliphatic rings. The fourth-order valence-corrected chi connectivity index (χ4v) is 3.99. The van der Waals surface area contributed by atoms with Crippen LogP contribution < -0.4 is 10.2 Å². The molecule has 0 bridgehead atoms. The maximum Gasteiger partial charge on any atom is 0.250 e. The van der Waals surface area contributed by atoms with Crippen LogP contribution in [-0.4, -0.2) is 39.7 Å². The monoisotopic (exact) mass is 471 g/mol. The molecular weight excluding hydrogens is 446 g/mol. The smallest absolute Gasteiger partial charge is 0.250 e. The van der Waals surface area contributed by atoms with Gasteiger partial charge in [0.25, 0.3) is 5.91 Å². The molecule has 1 heterocycles. The molecule has 0 aliphatic carbocycles. The topological polar surface area (TPSA) is 81.4 Å². The highest BCUT2D eigenvalue weighted by molar-refractivity contribution is 7.99. The molecule has 172 valence electrons. The number of thioether (sulfide) groups is 1. The number of carbonyl (C=O) groups excluding carboxylic acids is 1. The molecule has 8 heteroatoms. The summed E-state index contributed by atoms with van der Waals surface area (Å²) in [7, 11) is 1.61. The van der Waals surface area contributed by atoms with Crippen LogP contribution in [0.3, 0.4) is 0 Å². The fourth-order valence-electron chi connectivity index (χ4n) is 3.24. The van der Waals surface area contributed by atoms with Gasteiger partial charge in [-0.05, 0) is 43.7 Å². The first kappa shape index (κ1) is 23.3. The number of methoxy groups -OCH3 is 1. The molecule has 4 rings (SSSR count). The fraction of sp³-hybridized carbons (Fsp3) is 0.154. The summed E-state index contributed by atoms with van der Waals surface area (Å²) in [5, 5.41) is 13.5. The second-order valence-electron chi connectivity index (χ2n) is 7.70. The summed E-state index contributed by atoms with van der Waals surface area (Å²) >= 11 is 1.31. The van der Waals surface area contributed by atoms with Gasteiger partial charge in [0.15, 0.2) is 11.0 Å². The maximum atomic E-state index is 12.4. The summed E-state index contributed by atoms with van der Waals surface area (Å²) in [6.07, 6.45) is 1.58. The molecule has 34 heavy (non-hydrogen) atoms. The maximum absolute atomic E-state index is 12.4. The van der Waals surface area contributed by atoms with Crippen LogP contribution in [0, 0.1) is 13.8 Å². The average molecular weight is 472 g/mol. The number of hydrazone groups is 1. The lowest BCUT2D eigenvalue weighted by molar-refractivity contribution is -0.118. The van der Waals surface area contributed by atoms with Gasteiger partial charge in [-0.15, -0.1) is 10.2 Å². The van der Waals surface area contributed by atoms with Crippen LogP contribution in [-0.2, 0) is 4.79 Å². The average Bonchev–Trinajstić information content (AvgIpc) is 3.28. The molecule has 7 nitrogen and oxygen atoms in total. The third-order valence-corrected chi connectivity index (χ3v) is 5.99. The third-order valence-electron chi connectivity index (χ3n) is 5.06. The number of aromatic nitrogens is 3. The van der Waals surface area contributed by atoms with Gasteiger partial charge in [-0.1, -0.05) is 71.4 Å². The quantitative estimate of drug-likeness (QED) is 0.227. The van der Waals surface area contributed by atoms with Crippen molar-refractivity contribution in [2.24, 2.45) is 5.10 Å². The Morgan fingerprint density at radius 3 is 2.44 bits per heavy atom. The predicted octanol–water partition coefficient (Wildman–Crippen LogP) is 4.80. The number of nitrogens with one attached hydrogen (secondary N) is 1. The first-order chi connectivity index (χ1) is 16.5. The molecule has 0 spiro atoms. The minimum atomic E-state index is -0.237. The largest absolute Gasteiger partial charge is 0.497 e. The zero-order valence-corrected chi connectivity index (χ0v) is 20.0. The number of benzene rings is 3. The molecule has 4 aromatic rings. The van der Waals surface area contributed by atoms with Crippen molar-refractivity contribution in [3.8, 4) is 22.8 Å². The van der Waals surface area contributed by atoms with E-state index in [1.165, 1.54) is 17.3 Å². The van der Waals surface area contributed by atoms with Gasteiger partial charge in [-0.25, -0.2) is 5.43 Å². The molecule has 0 saturated carbocycles. The Bertz CT molecular complexity index is 1300. The second kappa shape index (κ2) is 10.8. The lowest BCUT2D eigenvalue weighted by Gasteiger charge is -2.11. The minimum Gasteiger partial charge on any atom is -0.497 e. The number of nitrogens with zero attached hydrogens (tertiary/aromatic N) is 4. The van der Waals surface area contributed by atoms with E-state index in [4.69, 9.17) is 4.74 Å². The van der Waals surface area contributed by atoms with Gasteiger partial charge in [0.05, 0.1) is 19.1 Å².